The number of likely N-dealkylation sites (tertiary alicyclic amines) is 1. The molecule has 4 atom stereocenters. The number of ether oxygens (including phenoxy) is 1. The summed E-state index contributed by atoms with van der Waals surface area (Å²) in [4.78, 5) is 17.9. The molecule has 26 heavy (non-hydrogen) atoms. The Balaban J connectivity index is 0.00000121. The lowest BCUT2D eigenvalue weighted by Gasteiger charge is -2.38. The van der Waals surface area contributed by atoms with Crippen molar-refractivity contribution in [3.8, 4) is 0 Å². The van der Waals surface area contributed by atoms with E-state index in [9.17, 15) is 4.79 Å². The van der Waals surface area contributed by atoms with Crippen LogP contribution in [0.5, 0.6) is 0 Å². The predicted molar refractivity (Wildman–Crippen MR) is 108 cm³/mol. The lowest BCUT2D eigenvalue weighted by Crippen LogP contribution is -2.51. The Morgan fingerprint density at radius 3 is 2.46 bits per heavy atom. The van der Waals surface area contributed by atoms with Crippen molar-refractivity contribution < 1.29 is 9.53 Å². The molecule has 0 aromatic carbocycles. The van der Waals surface area contributed by atoms with Gasteiger partial charge in [0.25, 0.3) is 0 Å². The van der Waals surface area contributed by atoms with Gasteiger partial charge in [-0.2, -0.15) is 0 Å². The molecule has 3 saturated heterocycles. The monoisotopic (exact) mass is 407 g/mol. The fraction of sp³-hybridized carbons (Fsp3) is 0.947. The van der Waals surface area contributed by atoms with E-state index in [1.54, 1.807) is 0 Å². The third kappa shape index (κ3) is 4.49. The zero-order valence-electron chi connectivity index (χ0n) is 16.1. The second kappa shape index (κ2) is 8.95. The lowest BCUT2D eigenvalue weighted by molar-refractivity contribution is -0.135. The number of rotatable bonds is 3. The molecule has 5 nitrogen and oxygen atoms in total. The van der Waals surface area contributed by atoms with Crippen LogP contribution < -0.4 is 5.32 Å². The summed E-state index contributed by atoms with van der Waals surface area (Å²) in [5.41, 5.74) is 0.359. The molecule has 1 aliphatic carbocycles. The van der Waals surface area contributed by atoms with E-state index in [4.69, 9.17) is 4.74 Å². The number of carbonyl (C=O) groups excluding carboxylic acids is 1. The maximum Gasteiger partial charge on any atom is 0.226 e. The molecular formula is C19H35Cl2N3O2. The van der Waals surface area contributed by atoms with Crippen LogP contribution in [-0.2, 0) is 9.53 Å². The summed E-state index contributed by atoms with van der Waals surface area (Å²) in [5.74, 6) is 0.788. The lowest BCUT2D eigenvalue weighted by atomic mass is 9.91. The molecule has 1 saturated carbocycles. The maximum atomic E-state index is 13.1. The number of hydrogen-bond acceptors (Lipinski definition) is 4. The van der Waals surface area contributed by atoms with E-state index in [1.165, 1.54) is 25.7 Å². The van der Waals surface area contributed by atoms with Gasteiger partial charge in [-0.15, -0.1) is 24.8 Å². The topological polar surface area (TPSA) is 44.8 Å². The number of carbonyl (C=O) groups is 1. The first-order valence-corrected chi connectivity index (χ1v) is 9.96. The third-order valence-electron chi connectivity index (χ3n) is 6.71. The minimum atomic E-state index is 0. The van der Waals surface area contributed by atoms with Crippen LogP contribution in [0.2, 0.25) is 0 Å². The molecule has 0 radical (unpaired) electrons. The van der Waals surface area contributed by atoms with Crippen molar-refractivity contribution in [1.29, 1.82) is 0 Å². The second-order valence-electron chi connectivity index (χ2n) is 8.67. The summed E-state index contributed by atoms with van der Waals surface area (Å²) >= 11 is 0. The van der Waals surface area contributed by atoms with Gasteiger partial charge in [-0.25, -0.2) is 0 Å². The van der Waals surface area contributed by atoms with Gasteiger partial charge in [0.15, 0.2) is 0 Å². The summed E-state index contributed by atoms with van der Waals surface area (Å²) in [6.45, 7) is 10.5. The summed E-state index contributed by atoms with van der Waals surface area (Å²) in [5, 5.41) is 3.44. The van der Waals surface area contributed by atoms with Gasteiger partial charge in [0.1, 0.15) is 0 Å². The molecule has 0 aromatic heterocycles. The molecule has 1 amide bonds. The molecule has 4 rings (SSSR count). The van der Waals surface area contributed by atoms with Crippen LogP contribution in [0.4, 0.5) is 0 Å². The van der Waals surface area contributed by atoms with Crippen molar-refractivity contribution in [3.05, 3.63) is 0 Å². The number of hydrogen-bond donors (Lipinski definition) is 1. The largest absolute Gasteiger partial charge is 0.373 e. The molecule has 3 aliphatic heterocycles. The number of amides is 1. The Labute approximate surface area is 170 Å². The van der Waals surface area contributed by atoms with Crippen molar-refractivity contribution in [1.82, 2.24) is 15.1 Å². The average Bonchev–Trinajstić information content (AvgIpc) is 3.02. The van der Waals surface area contributed by atoms with Gasteiger partial charge in [-0.3, -0.25) is 9.69 Å². The van der Waals surface area contributed by atoms with Crippen molar-refractivity contribution in [2.75, 3.05) is 39.3 Å². The van der Waals surface area contributed by atoms with Crippen molar-refractivity contribution in [2.45, 2.75) is 64.2 Å². The van der Waals surface area contributed by atoms with Gasteiger partial charge in [-0.1, -0.05) is 0 Å². The van der Waals surface area contributed by atoms with Crippen molar-refractivity contribution in [2.24, 2.45) is 11.3 Å². The van der Waals surface area contributed by atoms with Crippen LogP contribution in [-0.4, -0.2) is 73.2 Å². The molecule has 0 bridgehead atoms. The van der Waals surface area contributed by atoms with E-state index in [-0.39, 0.29) is 24.8 Å². The summed E-state index contributed by atoms with van der Waals surface area (Å²) in [7, 11) is 0. The van der Waals surface area contributed by atoms with Crippen LogP contribution in [0.1, 0.15) is 46.0 Å². The zero-order valence-corrected chi connectivity index (χ0v) is 17.7. The molecule has 1 spiro atoms. The highest BCUT2D eigenvalue weighted by molar-refractivity contribution is 5.85. The Kier molecular flexibility index (Phi) is 7.65. The molecule has 3 heterocycles. The van der Waals surface area contributed by atoms with Gasteiger partial charge < -0.3 is 15.0 Å². The Morgan fingerprint density at radius 2 is 1.81 bits per heavy atom. The third-order valence-corrected chi connectivity index (χ3v) is 6.71. The van der Waals surface area contributed by atoms with E-state index in [0.29, 0.717) is 35.5 Å². The molecule has 1 N–H and O–H groups in total. The van der Waals surface area contributed by atoms with Crippen LogP contribution in [0, 0.1) is 11.3 Å². The zero-order chi connectivity index (χ0) is 16.7. The molecule has 152 valence electrons. The molecule has 4 aliphatic rings. The van der Waals surface area contributed by atoms with E-state index in [2.05, 4.69) is 29.0 Å². The maximum absolute atomic E-state index is 13.1. The standard InChI is InChI=1S/C19H33N3O2.2ClH/c1-14-11-21(12-15(2)24-14)13-16-4-3-9-22(16)18(23)17-10-19(17)5-7-20-8-6-19;;/h14-17,20H,3-13H2,1-2H3;2*1H. The highest BCUT2D eigenvalue weighted by atomic mass is 35.5. The van der Waals surface area contributed by atoms with Gasteiger partial charge in [0, 0.05) is 38.1 Å². The summed E-state index contributed by atoms with van der Waals surface area (Å²) < 4.78 is 5.85. The number of halogens is 2. The molecule has 7 heteroatoms. The number of morpholine rings is 1. The van der Waals surface area contributed by atoms with E-state index in [1.807, 2.05) is 0 Å². The van der Waals surface area contributed by atoms with Crippen LogP contribution in [0.3, 0.4) is 0 Å². The Bertz CT molecular complexity index is 477. The number of nitrogens with zero attached hydrogens (tertiary/aromatic N) is 2. The SMILES string of the molecule is CC1CN(CC2CCCN2C(=O)C2CC23CCNCC3)CC(C)O1.Cl.Cl. The smallest absolute Gasteiger partial charge is 0.226 e. The van der Waals surface area contributed by atoms with Crippen molar-refractivity contribution >= 4 is 30.7 Å². The van der Waals surface area contributed by atoms with E-state index < -0.39 is 0 Å². The van der Waals surface area contributed by atoms with E-state index >= 15 is 0 Å². The van der Waals surface area contributed by atoms with Gasteiger partial charge in [0.05, 0.1) is 12.2 Å². The quantitative estimate of drug-likeness (QED) is 0.779. The molecule has 4 fully saturated rings. The first-order valence-electron chi connectivity index (χ1n) is 9.96. The molecular weight excluding hydrogens is 373 g/mol. The molecule has 4 unspecified atom stereocenters. The van der Waals surface area contributed by atoms with Gasteiger partial charge in [0.2, 0.25) is 5.91 Å². The highest BCUT2D eigenvalue weighted by Crippen LogP contribution is 2.59. The molecule has 0 aromatic rings. The number of nitrogens with one attached hydrogen (secondary N) is 1. The first kappa shape index (κ1) is 22.2. The van der Waals surface area contributed by atoms with Crippen molar-refractivity contribution in [3.63, 3.8) is 0 Å². The highest BCUT2D eigenvalue weighted by Gasteiger charge is 2.59. The van der Waals surface area contributed by atoms with Crippen LogP contribution in [0.15, 0.2) is 0 Å². The number of piperidine rings is 1. The second-order valence-corrected chi connectivity index (χ2v) is 8.67. The summed E-state index contributed by atoms with van der Waals surface area (Å²) in [6.07, 6.45) is 6.49. The first-order chi connectivity index (χ1) is 11.6. The van der Waals surface area contributed by atoms with Crippen LogP contribution >= 0.6 is 24.8 Å². The minimum absolute atomic E-state index is 0. The minimum Gasteiger partial charge on any atom is -0.373 e. The normalized spacial score (nSPS) is 36.3. The Morgan fingerprint density at radius 1 is 1.15 bits per heavy atom. The predicted octanol–water partition coefficient (Wildman–Crippen LogP) is 2.32. The fourth-order valence-electron chi connectivity index (χ4n) is 5.42. The Hall–Kier alpha value is -0.0700. The van der Waals surface area contributed by atoms with Gasteiger partial charge >= 0.3 is 0 Å². The average molecular weight is 408 g/mol. The van der Waals surface area contributed by atoms with Crippen LogP contribution in [0.25, 0.3) is 0 Å². The fourth-order valence-corrected chi connectivity index (χ4v) is 5.42. The summed E-state index contributed by atoms with van der Waals surface area (Å²) in [6, 6.07) is 0.425. The van der Waals surface area contributed by atoms with E-state index in [0.717, 1.165) is 45.7 Å². The van der Waals surface area contributed by atoms with Gasteiger partial charge in [-0.05, 0) is 64.5 Å².